The fourth-order valence-corrected chi connectivity index (χ4v) is 4.02. The molecule has 2 fully saturated rings. The van der Waals surface area contributed by atoms with Gasteiger partial charge in [0, 0.05) is 11.8 Å². The number of piperidine rings is 1. The van der Waals surface area contributed by atoms with E-state index in [1.54, 1.807) is 0 Å². The minimum atomic E-state index is -0.379. The molecule has 2 saturated heterocycles. The van der Waals surface area contributed by atoms with Crippen LogP contribution < -0.4 is 0 Å². The van der Waals surface area contributed by atoms with Crippen molar-refractivity contribution in [2.24, 2.45) is 5.41 Å². The van der Waals surface area contributed by atoms with Gasteiger partial charge in [0.2, 0.25) is 0 Å². The first-order valence-electron chi connectivity index (χ1n) is 9.36. The number of rotatable bonds is 4. The Morgan fingerprint density at radius 2 is 1.96 bits per heavy atom. The maximum atomic E-state index is 11.8. The number of fused-ring (bicyclic) bond motifs is 2. The smallest absolute Gasteiger partial charge is 0.306 e. The molecule has 0 aromatic heterocycles. The van der Waals surface area contributed by atoms with Gasteiger partial charge in [0.05, 0.1) is 6.61 Å². The number of ether oxygens (including phenoxy) is 2. The molecule has 4 nitrogen and oxygen atoms in total. The standard InChI is InChI=1S/C20H31NO3/c1-19(2,3)24-18(22)9-6-12-21-13-10-20(11-14-21)15-23-17-8-5-4-7-16(17)20/h7-8H,4-6,9-15H2,1-3H3. The largest absolute Gasteiger partial charge is 0.493 e. The minimum absolute atomic E-state index is 0.0812. The molecule has 0 N–H and O–H groups in total. The van der Waals surface area contributed by atoms with Crippen LogP contribution in [0.5, 0.6) is 0 Å². The number of likely N-dealkylation sites (tertiary alicyclic amines) is 1. The number of hydrogen-bond donors (Lipinski definition) is 0. The Kier molecular flexibility index (Phi) is 5.05. The monoisotopic (exact) mass is 333 g/mol. The SMILES string of the molecule is CC(C)(C)OC(=O)CCCN1CCC2(CC1)COC1=CCCC=C12. The molecule has 2 aliphatic heterocycles. The molecule has 0 radical (unpaired) electrons. The zero-order chi connectivity index (χ0) is 17.2. The highest BCUT2D eigenvalue weighted by Gasteiger charge is 2.45. The highest BCUT2D eigenvalue weighted by atomic mass is 16.6. The molecule has 2 heterocycles. The number of nitrogens with zero attached hydrogens (tertiary/aromatic N) is 1. The van der Waals surface area contributed by atoms with Crippen molar-refractivity contribution in [2.45, 2.75) is 64.9 Å². The molecule has 0 saturated carbocycles. The van der Waals surface area contributed by atoms with Crippen LogP contribution in [0.15, 0.2) is 23.5 Å². The van der Waals surface area contributed by atoms with E-state index in [1.165, 1.54) is 18.4 Å². The second-order valence-electron chi connectivity index (χ2n) is 8.36. The zero-order valence-corrected chi connectivity index (χ0v) is 15.4. The van der Waals surface area contributed by atoms with Crippen LogP contribution in [0.25, 0.3) is 0 Å². The van der Waals surface area contributed by atoms with Gasteiger partial charge < -0.3 is 14.4 Å². The van der Waals surface area contributed by atoms with Crippen LogP contribution in [0.3, 0.4) is 0 Å². The highest BCUT2D eigenvalue weighted by Crippen LogP contribution is 2.49. The van der Waals surface area contributed by atoms with Crippen LogP contribution in [0, 0.1) is 5.41 Å². The molecule has 0 amide bonds. The van der Waals surface area contributed by atoms with E-state index in [0.29, 0.717) is 6.42 Å². The molecule has 3 aliphatic rings. The third-order valence-electron chi connectivity index (χ3n) is 5.27. The van der Waals surface area contributed by atoms with Crippen LogP contribution in [0.1, 0.15) is 59.3 Å². The lowest BCUT2D eigenvalue weighted by Crippen LogP contribution is -2.41. The van der Waals surface area contributed by atoms with Gasteiger partial charge >= 0.3 is 5.97 Å². The molecule has 0 aromatic rings. The van der Waals surface area contributed by atoms with Gasteiger partial charge in [-0.25, -0.2) is 0 Å². The van der Waals surface area contributed by atoms with Crippen molar-refractivity contribution >= 4 is 5.97 Å². The van der Waals surface area contributed by atoms with Gasteiger partial charge in [-0.05, 0) is 84.2 Å². The molecule has 4 heteroatoms. The lowest BCUT2D eigenvalue weighted by Gasteiger charge is -2.39. The maximum absolute atomic E-state index is 11.8. The number of hydrogen-bond acceptors (Lipinski definition) is 4. The summed E-state index contributed by atoms with van der Waals surface area (Å²) in [6, 6.07) is 0. The molecular formula is C20H31NO3. The van der Waals surface area contributed by atoms with Gasteiger partial charge in [0.25, 0.3) is 0 Å². The Morgan fingerprint density at radius 3 is 2.67 bits per heavy atom. The molecule has 0 unspecified atom stereocenters. The van der Waals surface area contributed by atoms with Crippen molar-refractivity contribution in [1.82, 2.24) is 4.90 Å². The van der Waals surface area contributed by atoms with Crippen molar-refractivity contribution in [3.05, 3.63) is 23.5 Å². The third kappa shape index (κ3) is 4.02. The number of carbonyl (C=O) groups is 1. The predicted octanol–water partition coefficient (Wildman–Crippen LogP) is 3.82. The molecular weight excluding hydrogens is 302 g/mol. The summed E-state index contributed by atoms with van der Waals surface area (Å²) >= 11 is 0. The van der Waals surface area contributed by atoms with Crippen LogP contribution >= 0.6 is 0 Å². The van der Waals surface area contributed by atoms with Crippen LogP contribution in [0.2, 0.25) is 0 Å². The van der Waals surface area contributed by atoms with E-state index in [4.69, 9.17) is 9.47 Å². The van der Waals surface area contributed by atoms with E-state index in [1.807, 2.05) is 20.8 Å². The highest BCUT2D eigenvalue weighted by molar-refractivity contribution is 5.69. The second kappa shape index (κ2) is 6.91. The van der Waals surface area contributed by atoms with E-state index in [0.717, 1.165) is 51.3 Å². The molecule has 1 aliphatic carbocycles. The van der Waals surface area contributed by atoms with Crippen molar-refractivity contribution < 1.29 is 14.3 Å². The quantitative estimate of drug-likeness (QED) is 0.733. The summed E-state index contributed by atoms with van der Waals surface area (Å²) in [6.45, 7) is 9.79. The van der Waals surface area contributed by atoms with E-state index in [-0.39, 0.29) is 17.0 Å². The fourth-order valence-electron chi connectivity index (χ4n) is 4.02. The topological polar surface area (TPSA) is 38.8 Å². The van der Waals surface area contributed by atoms with E-state index >= 15 is 0 Å². The van der Waals surface area contributed by atoms with Crippen molar-refractivity contribution in [1.29, 1.82) is 0 Å². The van der Waals surface area contributed by atoms with Crippen LogP contribution in [0.4, 0.5) is 0 Å². The maximum Gasteiger partial charge on any atom is 0.306 e. The summed E-state index contributed by atoms with van der Waals surface area (Å²) in [5.74, 6) is 1.07. The van der Waals surface area contributed by atoms with E-state index in [2.05, 4.69) is 17.1 Å². The normalized spacial score (nSPS) is 23.3. The van der Waals surface area contributed by atoms with E-state index in [9.17, 15) is 4.79 Å². The molecule has 134 valence electrons. The summed E-state index contributed by atoms with van der Waals surface area (Å²) in [7, 11) is 0. The summed E-state index contributed by atoms with van der Waals surface area (Å²) in [5, 5.41) is 0. The van der Waals surface area contributed by atoms with Gasteiger partial charge in [-0.2, -0.15) is 0 Å². The first-order chi connectivity index (χ1) is 11.4. The molecule has 24 heavy (non-hydrogen) atoms. The van der Waals surface area contributed by atoms with Gasteiger partial charge in [-0.15, -0.1) is 0 Å². The summed E-state index contributed by atoms with van der Waals surface area (Å²) < 4.78 is 11.3. The molecule has 0 bridgehead atoms. The Balaban J connectivity index is 1.42. The lowest BCUT2D eigenvalue weighted by atomic mass is 9.72. The van der Waals surface area contributed by atoms with Gasteiger partial charge in [0.1, 0.15) is 11.4 Å². The summed E-state index contributed by atoms with van der Waals surface area (Å²) in [4.78, 5) is 14.3. The number of esters is 1. The predicted molar refractivity (Wildman–Crippen MR) is 94.5 cm³/mol. The number of carbonyl (C=O) groups excluding carboxylic acids is 1. The Hall–Kier alpha value is -1.29. The van der Waals surface area contributed by atoms with Gasteiger partial charge in [0.15, 0.2) is 0 Å². The van der Waals surface area contributed by atoms with Crippen molar-refractivity contribution in [3.8, 4) is 0 Å². The van der Waals surface area contributed by atoms with Gasteiger partial charge in [-0.3, -0.25) is 4.79 Å². The first-order valence-corrected chi connectivity index (χ1v) is 9.36. The lowest BCUT2D eigenvalue weighted by molar-refractivity contribution is -0.155. The zero-order valence-electron chi connectivity index (χ0n) is 15.4. The van der Waals surface area contributed by atoms with Crippen LogP contribution in [-0.4, -0.2) is 42.7 Å². The van der Waals surface area contributed by atoms with Crippen molar-refractivity contribution in [2.75, 3.05) is 26.2 Å². The number of allylic oxidation sites excluding steroid dienone is 3. The van der Waals surface area contributed by atoms with Crippen molar-refractivity contribution in [3.63, 3.8) is 0 Å². The van der Waals surface area contributed by atoms with E-state index < -0.39 is 0 Å². The first kappa shape index (κ1) is 17.5. The minimum Gasteiger partial charge on any atom is -0.493 e. The third-order valence-corrected chi connectivity index (χ3v) is 5.27. The Morgan fingerprint density at radius 1 is 1.25 bits per heavy atom. The summed E-state index contributed by atoms with van der Waals surface area (Å²) in [6.07, 6.45) is 10.7. The Bertz CT molecular complexity index is 534. The summed E-state index contributed by atoms with van der Waals surface area (Å²) in [5.41, 5.74) is 1.35. The molecule has 1 spiro atoms. The average Bonchev–Trinajstić information content (AvgIpc) is 2.87. The molecule has 3 rings (SSSR count). The second-order valence-corrected chi connectivity index (χ2v) is 8.36. The van der Waals surface area contributed by atoms with Crippen LogP contribution in [-0.2, 0) is 14.3 Å². The Labute approximate surface area is 145 Å². The molecule has 0 atom stereocenters. The fraction of sp³-hybridized carbons (Fsp3) is 0.750. The average molecular weight is 333 g/mol. The van der Waals surface area contributed by atoms with Gasteiger partial charge in [-0.1, -0.05) is 6.08 Å². The molecule has 0 aromatic carbocycles.